The molecule has 1 aliphatic heterocycles. The van der Waals surface area contributed by atoms with E-state index in [1.807, 2.05) is 30.3 Å². The van der Waals surface area contributed by atoms with Crippen LogP contribution in [0.5, 0.6) is 0 Å². The minimum absolute atomic E-state index is 0.0189. The van der Waals surface area contributed by atoms with Crippen LogP contribution in [0.2, 0.25) is 0 Å². The number of aliphatic carboxylic acids is 1. The van der Waals surface area contributed by atoms with Gasteiger partial charge in [0.05, 0.1) is 6.42 Å². The summed E-state index contributed by atoms with van der Waals surface area (Å²) in [5.74, 6) is -1.19. The third kappa shape index (κ3) is 4.91. The van der Waals surface area contributed by atoms with Crippen LogP contribution < -0.4 is 5.48 Å². The van der Waals surface area contributed by atoms with Gasteiger partial charge in [-0.1, -0.05) is 36.4 Å². The minimum Gasteiger partial charge on any atom is -0.481 e. The number of carbonyl (C=O) groups is 2. The van der Waals surface area contributed by atoms with Gasteiger partial charge in [-0.3, -0.25) is 9.59 Å². The molecule has 136 valence electrons. The number of carbonyl (C=O) groups excluding carboxylic acids is 1. The highest BCUT2D eigenvalue weighted by Crippen LogP contribution is 2.21. The number of hydroxylamine groups is 1. The van der Waals surface area contributed by atoms with Gasteiger partial charge in [-0.15, -0.1) is 0 Å². The monoisotopic (exact) mass is 355 g/mol. The Labute approximate surface area is 151 Å². The molecule has 0 spiro atoms. The summed E-state index contributed by atoms with van der Waals surface area (Å²) in [4.78, 5) is 28.3. The van der Waals surface area contributed by atoms with Crippen molar-refractivity contribution in [2.24, 2.45) is 0 Å². The molecule has 0 saturated carbocycles. The van der Waals surface area contributed by atoms with E-state index >= 15 is 0 Å². The molecule has 26 heavy (non-hydrogen) atoms. The third-order valence-electron chi connectivity index (χ3n) is 4.18. The maximum Gasteiger partial charge on any atom is 0.307 e. The fourth-order valence-corrected chi connectivity index (χ4v) is 2.83. The zero-order valence-electron chi connectivity index (χ0n) is 14.3. The van der Waals surface area contributed by atoms with Gasteiger partial charge in [0.2, 0.25) is 0 Å². The van der Waals surface area contributed by atoms with Crippen molar-refractivity contribution in [1.82, 2.24) is 5.48 Å². The van der Waals surface area contributed by atoms with Gasteiger partial charge in [0.1, 0.15) is 0 Å². The van der Waals surface area contributed by atoms with Gasteiger partial charge in [-0.2, -0.15) is 0 Å². The van der Waals surface area contributed by atoms with Crippen LogP contribution >= 0.6 is 0 Å². The lowest BCUT2D eigenvalue weighted by atomic mass is 10.0. The van der Waals surface area contributed by atoms with E-state index in [2.05, 4.69) is 5.48 Å². The number of carboxylic acids is 1. The quantitative estimate of drug-likeness (QED) is 0.778. The summed E-state index contributed by atoms with van der Waals surface area (Å²) in [5, 5.41) is 8.91. The zero-order chi connectivity index (χ0) is 18.4. The first-order chi connectivity index (χ1) is 12.6. The highest BCUT2D eigenvalue weighted by atomic mass is 16.8. The van der Waals surface area contributed by atoms with Crippen LogP contribution in [0.3, 0.4) is 0 Å². The fourth-order valence-electron chi connectivity index (χ4n) is 2.83. The lowest BCUT2D eigenvalue weighted by Gasteiger charge is -2.22. The smallest absolute Gasteiger partial charge is 0.307 e. The Hall–Kier alpha value is -2.70. The van der Waals surface area contributed by atoms with Crippen LogP contribution in [0.4, 0.5) is 0 Å². The summed E-state index contributed by atoms with van der Waals surface area (Å²) in [6, 6.07) is 14.4. The van der Waals surface area contributed by atoms with Crippen molar-refractivity contribution in [3.05, 3.63) is 59.7 Å². The number of benzene rings is 2. The van der Waals surface area contributed by atoms with Crippen molar-refractivity contribution in [1.29, 1.82) is 0 Å². The standard InChI is InChI=1S/C20H21NO5/c22-18(23)13-14-4-3-5-17(12-14)15-7-9-16(10-8-15)20(24)21-26-19-6-1-2-11-25-19/h3-5,7-10,12,19H,1-2,6,11,13H2,(H,21,24)(H,22,23). The lowest BCUT2D eigenvalue weighted by Crippen LogP contribution is -2.33. The molecule has 0 bridgehead atoms. The molecule has 1 amide bonds. The topological polar surface area (TPSA) is 84.9 Å². The van der Waals surface area contributed by atoms with Crippen LogP contribution in [0.15, 0.2) is 48.5 Å². The predicted molar refractivity (Wildman–Crippen MR) is 95.4 cm³/mol. The number of ether oxygens (including phenoxy) is 1. The van der Waals surface area contributed by atoms with Crippen molar-refractivity contribution in [2.75, 3.05) is 6.61 Å². The summed E-state index contributed by atoms with van der Waals surface area (Å²) in [7, 11) is 0. The SMILES string of the molecule is O=C(O)Cc1cccc(-c2ccc(C(=O)NOC3CCCCO3)cc2)c1. The van der Waals surface area contributed by atoms with E-state index in [1.54, 1.807) is 18.2 Å². The van der Waals surface area contributed by atoms with Crippen molar-refractivity contribution >= 4 is 11.9 Å². The number of rotatable bonds is 6. The molecule has 1 atom stereocenters. The molecule has 1 heterocycles. The fraction of sp³-hybridized carbons (Fsp3) is 0.300. The lowest BCUT2D eigenvalue weighted by molar-refractivity contribution is -0.186. The average molecular weight is 355 g/mol. The summed E-state index contributed by atoms with van der Waals surface area (Å²) in [6.45, 7) is 0.649. The molecule has 1 fully saturated rings. The van der Waals surface area contributed by atoms with Gasteiger partial charge >= 0.3 is 5.97 Å². The molecule has 0 radical (unpaired) electrons. The van der Waals surface area contributed by atoms with Crippen molar-refractivity contribution in [3.63, 3.8) is 0 Å². The molecule has 2 aromatic carbocycles. The molecule has 3 rings (SSSR count). The third-order valence-corrected chi connectivity index (χ3v) is 4.18. The number of hydrogen-bond donors (Lipinski definition) is 2. The highest BCUT2D eigenvalue weighted by Gasteiger charge is 2.16. The molecule has 2 N–H and O–H groups in total. The van der Waals surface area contributed by atoms with Gasteiger partial charge in [0.25, 0.3) is 5.91 Å². The van der Waals surface area contributed by atoms with E-state index in [1.165, 1.54) is 0 Å². The van der Waals surface area contributed by atoms with Crippen molar-refractivity contribution in [2.45, 2.75) is 32.0 Å². The van der Waals surface area contributed by atoms with Crippen LogP contribution in [0, 0.1) is 0 Å². The molecule has 1 aliphatic rings. The van der Waals surface area contributed by atoms with Gasteiger partial charge in [0, 0.05) is 18.6 Å². The number of carboxylic acid groups (broad SMARTS) is 1. The molecule has 6 nitrogen and oxygen atoms in total. The van der Waals surface area contributed by atoms with Crippen molar-refractivity contribution in [3.8, 4) is 11.1 Å². The van der Waals surface area contributed by atoms with Gasteiger partial charge in [0.15, 0.2) is 6.29 Å². The van der Waals surface area contributed by atoms with Gasteiger partial charge < -0.3 is 9.84 Å². The number of nitrogens with one attached hydrogen (secondary N) is 1. The first-order valence-corrected chi connectivity index (χ1v) is 8.60. The minimum atomic E-state index is -0.865. The largest absolute Gasteiger partial charge is 0.481 e. The molecular weight excluding hydrogens is 334 g/mol. The number of hydrogen-bond acceptors (Lipinski definition) is 4. The molecule has 2 aromatic rings. The predicted octanol–water partition coefficient (Wildman–Crippen LogP) is 3.17. The Kier molecular flexibility index (Phi) is 5.99. The first-order valence-electron chi connectivity index (χ1n) is 8.60. The molecular formula is C20H21NO5. The zero-order valence-corrected chi connectivity index (χ0v) is 14.3. The maximum atomic E-state index is 12.2. The Morgan fingerprint density at radius 1 is 1.12 bits per heavy atom. The Morgan fingerprint density at radius 3 is 2.62 bits per heavy atom. The highest BCUT2D eigenvalue weighted by molar-refractivity contribution is 5.94. The van der Waals surface area contributed by atoms with E-state index < -0.39 is 5.97 Å². The van der Waals surface area contributed by atoms with Crippen molar-refractivity contribution < 1.29 is 24.3 Å². The second kappa shape index (κ2) is 8.60. The molecule has 1 unspecified atom stereocenters. The van der Waals surface area contributed by atoms with Crippen LogP contribution in [0.25, 0.3) is 11.1 Å². The Balaban J connectivity index is 1.62. The molecule has 6 heteroatoms. The van der Waals surface area contributed by atoms with E-state index in [0.717, 1.165) is 36.0 Å². The van der Waals surface area contributed by atoms with Gasteiger partial charge in [-0.25, -0.2) is 10.3 Å². The first kappa shape index (κ1) is 18.1. The second-order valence-electron chi connectivity index (χ2n) is 6.19. The Bertz CT molecular complexity index is 766. The van der Waals surface area contributed by atoms with Gasteiger partial charge in [-0.05, 0) is 41.7 Å². The second-order valence-corrected chi connectivity index (χ2v) is 6.19. The number of amides is 1. The van der Waals surface area contributed by atoms with E-state index in [9.17, 15) is 9.59 Å². The summed E-state index contributed by atoms with van der Waals surface area (Å²) in [5.41, 5.74) is 5.45. The summed E-state index contributed by atoms with van der Waals surface area (Å²) < 4.78 is 5.40. The maximum absolute atomic E-state index is 12.2. The summed E-state index contributed by atoms with van der Waals surface area (Å²) in [6.07, 6.45) is 2.41. The van der Waals surface area contributed by atoms with E-state index in [4.69, 9.17) is 14.7 Å². The molecule has 0 aromatic heterocycles. The van der Waals surface area contributed by atoms with E-state index in [0.29, 0.717) is 12.2 Å². The average Bonchev–Trinajstić information content (AvgIpc) is 2.67. The van der Waals surface area contributed by atoms with Crippen LogP contribution in [-0.2, 0) is 20.8 Å². The Morgan fingerprint density at radius 2 is 1.92 bits per heavy atom. The summed E-state index contributed by atoms with van der Waals surface area (Å²) >= 11 is 0. The van der Waals surface area contributed by atoms with E-state index in [-0.39, 0.29) is 18.6 Å². The molecule has 1 saturated heterocycles. The van der Waals surface area contributed by atoms with Crippen LogP contribution in [0.1, 0.15) is 35.2 Å². The normalized spacial score (nSPS) is 16.8. The molecule has 0 aliphatic carbocycles. The van der Waals surface area contributed by atoms with Crippen LogP contribution in [-0.4, -0.2) is 29.9 Å².